The topological polar surface area (TPSA) is 51.0 Å². The molecule has 1 N–H and O–H groups in total. The van der Waals surface area contributed by atoms with Gasteiger partial charge >= 0.3 is 0 Å². The van der Waals surface area contributed by atoms with Crippen molar-refractivity contribution in [2.45, 2.75) is 32.7 Å². The first-order valence-corrected chi connectivity index (χ1v) is 6.09. The number of rotatable bonds is 4. The molecule has 1 heterocycles. The standard InChI is InChI=1S/C14H19N3O/c1-10-7-5-6-8-11(10)9-12-16-13(18-17-12)14(2,3)15-4/h5-8,15H,9H2,1-4H3. The average molecular weight is 245 g/mol. The fraction of sp³-hybridized carbons (Fsp3) is 0.429. The maximum atomic E-state index is 5.31. The third-order valence-corrected chi connectivity index (χ3v) is 3.24. The van der Waals surface area contributed by atoms with Crippen molar-refractivity contribution in [3.8, 4) is 0 Å². The Balaban J connectivity index is 2.20. The number of aromatic nitrogens is 2. The Labute approximate surface area is 107 Å². The van der Waals surface area contributed by atoms with Gasteiger partial charge in [-0.15, -0.1) is 0 Å². The van der Waals surface area contributed by atoms with Gasteiger partial charge in [-0.1, -0.05) is 29.4 Å². The van der Waals surface area contributed by atoms with Crippen molar-refractivity contribution < 1.29 is 4.52 Å². The van der Waals surface area contributed by atoms with Crippen LogP contribution in [0, 0.1) is 6.92 Å². The van der Waals surface area contributed by atoms with Crippen molar-refractivity contribution >= 4 is 0 Å². The van der Waals surface area contributed by atoms with E-state index in [1.54, 1.807) is 0 Å². The lowest BCUT2D eigenvalue weighted by Crippen LogP contribution is -2.33. The molecule has 2 rings (SSSR count). The highest BCUT2D eigenvalue weighted by Gasteiger charge is 2.25. The first-order chi connectivity index (χ1) is 8.53. The minimum Gasteiger partial charge on any atom is -0.337 e. The average Bonchev–Trinajstić information content (AvgIpc) is 2.81. The maximum Gasteiger partial charge on any atom is 0.246 e. The first kappa shape index (κ1) is 12.8. The minimum atomic E-state index is -0.295. The minimum absolute atomic E-state index is 0.295. The zero-order valence-electron chi connectivity index (χ0n) is 11.3. The van der Waals surface area contributed by atoms with Crippen LogP contribution in [0.2, 0.25) is 0 Å². The van der Waals surface area contributed by atoms with Crippen LogP contribution < -0.4 is 5.32 Å². The normalized spacial score (nSPS) is 11.8. The van der Waals surface area contributed by atoms with Crippen LogP contribution in [-0.4, -0.2) is 17.2 Å². The third-order valence-electron chi connectivity index (χ3n) is 3.24. The molecule has 1 aromatic heterocycles. The van der Waals surface area contributed by atoms with Crippen LogP contribution in [0.4, 0.5) is 0 Å². The lowest BCUT2D eigenvalue weighted by atomic mass is 10.1. The van der Waals surface area contributed by atoms with Crippen LogP contribution in [-0.2, 0) is 12.0 Å². The van der Waals surface area contributed by atoms with Gasteiger partial charge in [0.1, 0.15) is 0 Å². The predicted molar refractivity (Wildman–Crippen MR) is 70.4 cm³/mol. The van der Waals surface area contributed by atoms with Gasteiger partial charge in [0.25, 0.3) is 0 Å². The Bertz CT molecular complexity index is 531. The van der Waals surface area contributed by atoms with E-state index in [9.17, 15) is 0 Å². The number of aryl methyl sites for hydroxylation is 1. The molecular formula is C14H19N3O. The highest BCUT2D eigenvalue weighted by atomic mass is 16.5. The summed E-state index contributed by atoms with van der Waals surface area (Å²) in [6, 6.07) is 8.24. The van der Waals surface area contributed by atoms with Crippen molar-refractivity contribution in [1.82, 2.24) is 15.5 Å². The lowest BCUT2D eigenvalue weighted by molar-refractivity contribution is 0.279. The maximum absolute atomic E-state index is 5.31. The first-order valence-electron chi connectivity index (χ1n) is 6.09. The highest BCUT2D eigenvalue weighted by Crippen LogP contribution is 2.18. The fourth-order valence-corrected chi connectivity index (χ4v) is 1.67. The van der Waals surface area contributed by atoms with Gasteiger partial charge in [-0.3, -0.25) is 0 Å². The van der Waals surface area contributed by atoms with E-state index in [-0.39, 0.29) is 5.54 Å². The van der Waals surface area contributed by atoms with Gasteiger partial charge in [-0.25, -0.2) is 0 Å². The Morgan fingerprint density at radius 3 is 2.67 bits per heavy atom. The second-order valence-electron chi connectivity index (χ2n) is 4.99. The Kier molecular flexibility index (Phi) is 3.48. The summed E-state index contributed by atoms with van der Waals surface area (Å²) in [5, 5.41) is 7.19. The summed E-state index contributed by atoms with van der Waals surface area (Å²) in [6.07, 6.45) is 0.704. The molecule has 0 aliphatic carbocycles. The van der Waals surface area contributed by atoms with E-state index in [0.29, 0.717) is 12.3 Å². The smallest absolute Gasteiger partial charge is 0.246 e. The molecule has 0 amide bonds. The van der Waals surface area contributed by atoms with Crippen LogP contribution in [0.3, 0.4) is 0 Å². The van der Waals surface area contributed by atoms with Gasteiger partial charge in [0, 0.05) is 6.42 Å². The molecule has 0 saturated heterocycles. The van der Waals surface area contributed by atoms with E-state index in [4.69, 9.17) is 4.52 Å². The van der Waals surface area contributed by atoms with Gasteiger partial charge in [0.05, 0.1) is 5.54 Å². The van der Waals surface area contributed by atoms with Crippen molar-refractivity contribution in [3.63, 3.8) is 0 Å². The third kappa shape index (κ3) is 2.59. The molecule has 0 fully saturated rings. The lowest BCUT2D eigenvalue weighted by Gasteiger charge is -2.17. The second-order valence-corrected chi connectivity index (χ2v) is 4.99. The van der Waals surface area contributed by atoms with Gasteiger partial charge < -0.3 is 9.84 Å². The van der Waals surface area contributed by atoms with Crippen molar-refractivity contribution in [1.29, 1.82) is 0 Å². The fourth-order valence-electron chi connectivity index (χ4n) is 1.67. The molecule has 0 radical (unpaired) electrons. The predicted octanol–water partition coefficient (Wildman–Crippen LogP) is 2.42. The quantitative estimate of drug-likeness (QED) is 0.898. The van der Waals surface area contributed by atoms with E-state index in [2.05, 4.69) is 34.5 Å². The highest BCUT2D eigenvalue weighted by molar-refractivity contribution is 5.28. The van der Waals surface area contributed by atoms with Gasteiger partial charge in [-0.2, -0.15) is 4.98 Å². The summed E-state index contributed by atoms with van der Waals surface area (Å²) >= 11 is 0. The number of hydrogen-bond donors (Lipinski definition) is 1. The molecule has 0 saturated carbocycles. The molecular weight excluding hydrogens is 226 g/mol. The van der Waals surface area contributed by atoms with E-state index in [1.165, 1.54) is 11.1 Å². The number of nitrogens with one attached hydrogen (secondary N) is 1. The van der Waals surface area contributed by atoms with Gasteiger partial charge in [0.15, 0.2) is 5.82 Å². The molecule has 0 spiro atoms. The summed E-state index contributed by atoms with van der Waals surface area (Å²) in [5.74, 6) is 1.34. The SMILES string of the molecule is CNC(C)(C)c1nc(Cc2ccccc2C)no1. The summed E-state index contributed by atoms with van der Waals surface area (Å²) in [4.78, 5) is 4.45. The van der Waals surface area contributed by atoms with Crippen LogP contribution in [0.15, 0.2) is 28.8 Å². The molecule has 96 valence electrons. The summed E-state index contributed by atoms with van der Waals surface area (Å²) in [6.45, 7) is 6.12. The van der Waals surface area contributed by atoms with Crippen LogP contribution in [0.5, 0.6) is 0 Å². The van der Waals surface area contributed by atoms with E-state index >= 15 is 0 Å². The van der Waals surface area contributed by atoms with E-state index < -0.39 is 0 Å². The summed E-state index contributed by atoms with van der Waals surface area (Å²) < 4.78 is 5.31. The molecule has 0 unspecified atom stereocenters. The number of hydrogen-bond acceptors (Lipinski definition) is 4. The zero-order chi connectivity index (χ0) is 13.2. The summed E-state index contributed by atoms with van der Waals surface area (Å²) in [7, 11) is 1.88. The van der Waals surface area contributed by atoms with E-state index in [0.717, 1.165) is 5.82 Å². The number of nitrogens with zero attached hydrogens (tertiary/aromatic N) is 2. The van der Waals surface area contributed by atoms with Crippen molar-refractivity contribution in [2.24, 2.45) is 0 Å². The van der Waals surface area contributed by atoms with E-state index in [1.807, 2.05) is 33.0 Å². The van der Waals surface area contributed by atoms with Crippen LogP contribution >= 0.6 is 0 Å². The molecule has 4 nitrogen and oxygen atoms in total. The van der Waals surface area contributed by atoms with Crippen LogP contribution in [0.25, 0.3) is 0 Å². The summed E-state index contributed by atoms with van der Waals surface area (Å²) in [5.41, 5.74) is 2.18. The van der Waals surface area contributed by atoms with Gasteiger partial charge in [0.2, 0.25) is 5.89 Å². The molecule has 0 bridgehead atoms. The Hall–Kier alpha value is -1.68. The largest absolute Gasteiger partial charge is 0.337 e. The zero-order valence-corrected chi connectivity index (χ0v) is 11.3. The van der Waals surface area contributed by atoms with Crippen LogP contribution in [0.1, 0.15) is 36.7 Å². The Morgan fingerprint density at radius 1 is 1.28 bits per heavy atom. The molecule has 18 heavy (non-hydrogen) atoms. The molecule has 4 heteroatoms. The molecule has 0 aliphatic rings. The molecule has 0 aliphatic heterocycles. The number of benzene rings is 1. The molecule has 1 aromatic carbocycles. The molecule has 0 atom stereocenters. The van der Waals surface area contributed by atoms with Crippen molar-refractivity contribution in [3.05, 3.63) is 47.1 Å². The second kappa shape index (κ2) is 4.90. The Morgan fingerprint density at radius 2 is 2.00 bits per heavy atom. The van der Waals surface area contributed by atoms with Crippen molar-refractivity contribution in [2.75, 3.05) is 7.05 Å². The van der Waals surface area contributed by atoms with Gasteiger partial charge in [-0.05, 0) is 38.9 Å². The molecule has 2 aromatic rings. The monoisotopic (exact) mass is 245 g/mol.